The predicted octanol–water partition coefficient (Wildman–Crippen LogP) is 16.6. The Kier molecular flexibility index (Phi) is 47.8. The van der Waals surface area contributed by atoms with Crippen LogP contribution in [0.15, 0.2) is 12.2 Å². The standard InChI is InChI=1S/C56H110NO8P/c1-6-8-10-12-14-16-18-20-22-23-24-25-26-27-28-29-30-31-32-33-35-36-38-40-42-44-46-48-55(58)62-52-54(53-64-66(60,61)63-51-50-57(3,4)5)65-56(59)49-47-45-43-41-39-37-34-21-19-17-15-13-11-9-7-2/h21,34,54H,6-20,22-33,35-53H2,1-5H3/b34-21-/t54-/m1/s1. The number of allylic oxidation sites excluding steroid dienone is 2. The average Bonchev–Trinajstić information content (AvgIpc) is 3.27. The predicted molar refractivity (Wildman–Crippen MR) is 278 cm³/mol. The first-order valence-corrected chi connectivity index (χ1v) is 29.9. The van der Waals surface area contributed by atoms with Crippen LogP contribution in [0.25, 0.3) is 0 Å². The van der Waals surface area contributed by atoms with Crippen LogP contribution >= 0.6 is 7.82 Å². The molecule has 0 aromatic heterocycles. The highest BCUT2D eigenvalue weighted by Gasteiger charge is 2.22. The van der Waals surface area contributed by atoms with Crippen molar-refractivity contribution in [3.63, 3.8) is 0 Å². The number of phosphoric ester groups is 1. The third kappa shape index (κ3) is 52.1. The van der Waals surface area contributed by atoms with Crippen molar-refractivity contribution < 1.29 is 42.1 Å². The summed E-state index contributed by atoms with van der Waals surface area (Å²) < 4.78 is 34.1. The van der Waals surface area contributed by atoms with Gasteiger partial charge in [0.15, 0.2) is 6.10 Å². The Morgan fingerprint density at radius 1 is 0.455 bits per heavy atom. The van der Waals surface area contributed by atoms with Crippen molar-refractivity contribution in [2.24, 2.45) is 0 Å². The van der Waals surface area contributed by atoms with Gasteiger partial charge in [-0.2, -0.15) is 0 Å². The molecule has 0 rings (SSSR count). The molecule has 0 N–H and O–H groups in total. The molecule has 392 valence electrons. The highest BCUT2D eigenvalue weighted by atomic mass is 31.2. The van der Waals surface area contributed by atoms with Crippen molar-refractivity contribution in [3.8, 4) is 0 Å². The third-order valence-corrected chi connectivity index (χ3v) is 13.7. The molecule has 0 aliphatic rings. The molecule has 0 heterocycles. The number of ether oxygens (including phenoxy) is 2. The van der Waals surface area contributed by atoms with Crippen LogP contribution in [0.3, 0.4) is 0 Å². The molecule has 66 heavy (non-hydrogen) atoms. The second-order valence-electron chi connectivity index (χ2n) is 20.7. The van der Waals surface area contributed by atoms with Crippen LogP contribution in [0, 0.1) is 0 Å². The number of carbonyl (C=O) groups is 2. The molecular formula is C56H110NO8P. The van der Waals surface area contributed by atoms with Crippen molar-refractivity contribution in [2.75, 3.05) is 47.5 Å². The van der Waals surface area contributed by atoms with E-state index >= 15 is 0 Å². The number of likely N-dealkylation sites (N-methyl/N-ethyl adjacent to an activating group) is 1. The van der Waals surface area contributed by atoms with Gasteiger partial charge in [0.2, 0.25) is 0 Å². The van der Waals surface area contributed by atoms with E-state index in [1.807, 2.05) is 21.1 Å². The zero-order chi connectivity index (χ0) is 48.5. The molecular weight excluding hydrogens is 846 g/mol. The highest BCUT2D eigenvalue weighted by molar-refractivity contribution is 7.45. The van der Waals surface area contributed by atoms with E-state index in [9.17, 15) is 19.0 Å². The molecule has 0 aromatic rings. The summed E-state index contributed by atoms with van der Waals surface area (Å²) >= 11 is 0. The van der Waals surface area contributed by atoms with E-state index in [-0.39, 0.29) is 32.0 Å². The van der Waals surface area contributed by atoms with Crippen LogP contribution in [0.4, 0.5) is 0 Å². The van der Waals surface area contributed by atoms with Crippen molar-refractivity contribution >= 4 is 19.8 Å². The Balaban J connectivity index is 4.06. The summed E-state index contributed by atoms with van der Waals surface area (Å²) in [5.41, 5.74) is 0. The number of quaternary nitrogens is 1. The van der Waals surface area contributed by atoms with Crippen LogP contribution in [-0.4, -0.2) is 70.0 Å². The van der Waals surface area contributed by atoms with Gasteiger partial charge in [0.1, 0.15) is 19.8 Å². The summed E-state index contributed by atoms with van der Waals surface area (Å²) in [7, 11) is 1.18. The maximum absolute atomic E-state index is 12.7. The van der Waals surface area contributed by atoms with E-state index in [1.165, 1.54) is 199 Å². The smallest absolute Gasteiger partial charge is 0.306 e. The SMILES string of the molecule is CCCCCCCC/C=C\CCCCCCCC(=O)O[C@H](COC(=O)CCCCCCCCCCCCCCCCCCCCCCCCCCCCC)COP(=O)([O-])OCC[N+](C)(C)C. The first-order chi connectivity index (χ1) is 32.0. The van der Waals surface area contributed by atoms with Crippen LogP contribution < -0.4 is 4.89 Å². The van der Waals surface area contributed by atoms with Crippen molar-refractivity contribution in [1.29, 1.82) is 0 Å². The molecule has 0 radical (unpaired) electrons. The fraction of sp³-hybridized carbons (Fsp3) is 0.929. The Hall–Kier alpha value is -1.25. The molecule has 0 aliphatic heterocycles. The lowest BCUT2D eigenvalue weighted by molar-refractivity contribution is -0.870. The monoisotopic (exact) mass is 956 g/mol. The second-order valence-corrected chi connectivity index (χ2v) is 22.1. The van der Waals surface area contributed by atoms with E-state index in [0.29, 0.717) is 17.4 Å². The first-order valence-electron chi connectivity index (χ1n) is 28.4. The molecule has 0 aromatic carbocycles. The Labute approximate surface area is 409 Å². The van der Waals surface area contributed by atoms with Crippen LogP contribution in [0.5, 0.6) is 0 Å². The second kappa shape index (κ2) is 48.8. The number of hydrogen-bond acceptors (Lipinski definition) is 8. The minimum absolute atomic E-state index is 0.0289. The molecule has 9 nitrogen and oxygen atoms in total. The maximum Gasteiger partial charge on any atom is 0.306 e. The zero-order valence-corrected chi connectivity index (χ0v) is 45.3. The fourth-order valence-corrected chi connectivity index (χ4v) is 9.09. The highest BCUT2D eigenvalue weighted by Crippen LogP contribution is 2.38. The molecule has 2 atom stereocenters. The van der Waals surface area contributed by atoms with Crippen molar-refractivity contribution in [2.45, 2.75) is 290 Å². The van der Waals surface area contributed by atoms with Crippen molar-refractivity contribution in [1.82, 2.24) is 0 Å². The lowest BCUT2D eigenvalue weighted by Crippen LogP contribution is -2.37. The number of phosphoric acid groups is 1. The average molecular weight is 956 g/mol. The molecule has 0 saturated heterocycles. The Morgan fingerprint density at radius 3 is 1.12 bits per heavy atom. The van der Waals surface area contributed by atoms with E-state index in [4.69, 9.17) is 18.5 Å². The Morgan fingerprint density at radius 2 is 0.773 bits per heavy atom. The fourth-order valence-electron chi connectivity index (χ4n) is 8.36. The molecule has 0 amide bonds. The minimum atomic E-state index is -4.63. The number of hydrogen-bond donors (Lipinski definition) is 0. The molecule has 0 spiro atoms. The van der Waals surface area contributed by atoms with Gasteiger partial charge in [-0.25, -0.2) is 0 Å². The Bertz CT molecular complexity index is 1130. The van der Waals surface area contributed by atoms with Crippen LogP contribution in [0.1, 0.15) is 284 Å². The van der Waals surface area contributed by atoms with Crippen LogP contribution in [-0.2, 0) is 32.7 Å². The van der Waals surface area contributed by atoms with Crippen molar-refractivity contribution in [3.05, 3.63) is 12.2 Å². The van der Waals surface area contributed by atoms with E-state index in [2.05, 4.69) is 26.0 Å². The summed E-state index contributed by atoms with van der Waals surface area (Å²) in [5.74, 6) is -0.827. The van der Waals surface area contributed by atoms with Gasteiger partial charge in [0.05, 0.1) is 27.7 Å². The largest absolute Gasteiger partial charge is 0.756 e. The van der Waals surface area contributed by atoms with Gasteiger partial charge in [-0.05, 0) is 38.5 Å². The number of unbranched alkanes of at least 4 members (excludes halogenated alkanes) is 37. The summed E-state index contributed by atoms with van der Waals surface area (Å²) in [4.78, 5) is 37.8. The molecule has 0 saturated carbocycles. The lowest BCUT2D eigenvalue weighted by Gasteiger charge is -2.28. The maximum atomic E-state index is 12.7. The molecule has 1 unspecified atom stereocenters. The van der Waals surface area contributed by atoms with E-state index < -0.39 is 26.5 Å². The summed E-state index contributed by atoms with van der Waals surface area (Å²) in [6.07, 6.45) is 55.5. The number of rotatable bonds is 53. The minimum Gasteiger partial charge on any atom is -0.756 e. The number of carbonyl (C=O) groups excluding carboxylic acids is 2. The molecule has 0 fully saturated rings. The van der Waals surface area contributed by atoms with Gasteiger partial charge in [-0.15, -0.1) is 0 Å². The number of nitrogens with zero attached hydrogens (tertiary/aromatic N) is 1. The van der Waals surface area contributed by atoms with Gasteiger partial charge in [0, 0.05) is 12.8 Å². The summed E-state index contributed by atoms with van der Waals surface area (Å²) in [6.45, 7) is 4.27. The van der Waals surface area contributed by atoms with Gasteiger partial charge >= 0.3 is 11.9 Å². The third-order valence-electron chi connectivity index (χ3n) is 12.8. The molecule has 10 heteroatoms. The van der Waals surface area contributed by atoms with Gasteiger partial charge in [-0.1, -0.05) is 244 Å². The van der Waals surface area contributed by atoms with E-state index in [0.717, 1.165) is 51.4 Å². The summed E-state index contributed by atoms with van der Waals surface area (Å²) in [6, 6.07) is 0. The number of esters is 2. The van der Waals surface area contributed by atoms with Gasteiger partial charge < -0.3 is 27.9 Å². The van der Waals surface area contributed by atoms with Gasteiger partial charge in [-0.3, -0.25) is 14.2 Å². The topological polar surface area (TPSA) is 111 Å². The normalized spacial score (nSPS) is 13.4. The first kappa shape index (κ1) is 64.8. The zero-order valence-electron chi connectivity index (χ0n) is 44.4. The molecule has 0 bridgehead atoms. The van der Waals surface area contributed by atoms with E-state index in [1.54, 1.807) is 0 Å². The molecule has 0 aliphatic carbocycles. The lowest BCUT2D eigenvalue weighted by atomic mass is 10.0. The van der Waals surface area contributed by atoms with Gasteiger partial charge in [0.25, 0.3) is 7.82 Å². The quantitative estimate of drug-likeness (QED) is 0.0195. The van der Waals surface area contributed by atoms with Crippen LogP contribution in [0.2, 0.25) is 0 Å². The summed E-state index contributed by atoms with van der Waals surface area (Å²) in [5, 5.41) is 0.